The fourth-order valence-corrected chi connectivity index (χ4v) is 3.33. The van der Waals surface area contributed by atoms with Crippen molar-refractivity contribution in [2.24, 2.45) is 5.92 Å². The number of nitrogens with one attached hydrogen (secondary N) is 1. The molecule has 0 aliphatic carbocycles. The number of imide groups is 1. The normalized spacial score (nSPS) is 15.2. The van der Waals surface area contributed by atoms with Crippen LogP contribution in [0.3, 0.4) is 0 Å². The highest BCUT2D eigenvalue weighted by Crippen LogP contribution is 2.29. The fraction of sp³-hybridized carbons (Fsp3) is 0.318. The van der Waals surface area contributed by atoms with E-state index in [4.69, 9.17) is 4.74 Å². The Hall–Kier alpha value is -3.15. The van der Waals surface area contributed by atoms with E-state index in [0.717, 1.165) is 4.90 Å². The summed E-state index contributed by atoms with van der Waals surface area (Å²) in [6.07, 6.45) is 0.648. The molecule has 2 atom stereocenters. The number of ether oxygens (including phenoxy) is 1. The summed E-state index contributed by atoms with van der Waals surface area (Å²) in [5.74, 6) is -0.710. The van der Waals surface area contributed by atoms with Crippen molar-refractivity contribution in [2.45, 2.75) is 33.2 Å². The molecule has 0 bridgehead atoms. The average Bonchev–Trinajstić information content (AvgIpc) is 2.95. The highest BCUT2D eigenvalue weighted by Gasteiger charge is 2.44. The van der Waals surface area contributed by atoms with E-state index in [1.807, 2.05) is 20.8 Å². The van der Waals surface area contributed by atoms with Crippen LogP contribution in [0.25, 0.3) is 0 Å². The number of rotatable bonds is 7. The number of nitrogens with zero attached hydrogens (tertiary/aromatic N) is 1. The van der Waals surface area contributed by atoms with Crippen LogP contribution in [0.4, 0.5) is 5.69 Å². The van der Waals surface area contributed by atoms with Crippen molar-refractivity contribution in [3.8, 4) is 5.75 Å². The van der Waals surface area contributed by atoms with Gasteiger partial charge in [0.05, 0.1) is 17.7 Å². The summed E-state index contributed by atoms with van der Waals surface area (Å²) in [5.41, 5.74) is 1.27. The van der Waals surface area contributed by atoms with Crippen LogP contribution >= 0.6 is 0 Å². The number of fused-ring (bicyclic) bond motifs is 1. The summed E-state index contributed by atoms with van der Waals surface area (Å²) in [5, 5.41) is 2.83. The van der Waals surface area contributed by atoms with Crippen LogP contribution in [0.15, 0.2) is 48.5 Å². The van der Waals surface area contributed by atoms with Gasteiger partial charge in [-0.15, -0.1) is 0 Å². The summed E-state index contributed by atoms with van der Waals surface area (Å²) < 4.78 is 5.40. The molecular weight excluding hydrogens is 356 g/mol. The third kappa shape index (κ3) is 3.63. The van der Waals surface area contributed by atoms with E-state index in [1.165, 1.54) is 0 Å². The third-order valence-electron chi connectivity index (χ3n) is 4.99. The van der Waals surface area contributed by atoms with Gasteiger partial charge in [-0.3, -0.25) is 19.3 Å². The third-order valence-corrected chi connectivity index (χ3v) is 4.99. The molecule has 28 heavy (non-hydrogen) atoms. The monoisotopic (exact) mass is 380 g/mol. The Morgan fingerprint density at radius 2 is 1.57 bits per heavy atom. The minimum absolute atomic E-state index is 0.190. The maximum absolute atomic E-state index is 13.1. The van der Waals surface area contributed by atoms with E-state index in [2.05, 4.69) is 5.32 Å². The smallest absolute Gasteiger partial charge is 0.262 e. The molecule has 2 aromatic rings. The Morgan fingerprint density at radius 1 is 1.00 bits per heavy atom. The first-order valence-corrected chi connectivity index (χ1v) is 9.48. The SMILES string of the molecule is CCOc1ccc(NC(=O)[C@@H]([C@H](C)CC)N2C(=O)c3ccccc3C2=O)cc1. The van der Waals surface area contributed by atoms with Crippen molar-refractivity contribution in [3.63, 3.8) is 0 Å². The highest BCUT2D eigenvalue weighted by molar-refractivity contribution is 6.23. The number of hydrogen-bond donors (Lipinski definition) is 1. The quantitative estimate of drug-likeness (QED) is 0.743. The largest absolute Gasteiger partial charge is 0.494 e. The lowest BCUT2D eigenvalue weighted by Gasteiger charge is -2.29. The number of carbonyl (C=O) groups is 3. The standard InChI is InChI=1S/C22H24N2O4/c1-4-14(3)19(20(25)23-15-10-12-16(13-11-15)28-5-2)24-21(26)17-8-6-7-9-18(17)22(24)27/h6-14,19H,4-5H2,1-3H3,(H,23,25)/t14-,19-/m1/s1. The van der Waals surface area contributed by atoms with Gasteiger partial charge < -0.3 is 10.1 Å². The Kier molecular flexibility index (Phi) is 5.78. The molecule has 1 aliphatic heterocycles. The van der Waals surface area contributed by atoms with Crippen LogP contribution in [0.5, 0.6) is 5.75 Å². The molecule has 3 amide bonds. The summed E-state index contributed by atoms with van der Waals surface area (Å²) in [4.78, 5) is 39.9. The molecule has 0 saturated heterocycles. The van der Waals surface area contributed by atoms with Gasteiger partial charge >= 0.3 is 0 Å². The Balaban J connectivity index is 1.85. The van der Waals surface area contributed by atoms with Crippen molar-refractivity contribution in [2.75, 3.05) is 11.9 Å². The average molecular weight is 380 g/mol. The van der Waals surface area contributed by atoms with Crippen molar-refractivity contribution < 1.29 is 19.1 Å². The van der Waals surface area contributed by atoms with Gasteiger partial charge in [0.25, 0.3) is 11.8 Å². The molecule has 0 spiro atoms. The van der Waals surface area contributed by atoms with Crippen molar-refractivity contribution in [1.29, 1.82) is 0 Å². The van der Waals surface area contributed by atoms with E-state index in [1.54, 1.807) is 48.5 Å². The Labute approximate surface area is 164 Å². The molecule has 0 unspecified atom stereocenters. The second-order valence-corrected chi connectivity index (χ2v) is 6.80. The van der Waals surface area contributed by atoms with Gasteiger partial charge in [-0.1, -0.05) is 32.4 Å². The lowest BCUT2D eigenvalue weighted by atomic mass is 9.96. The van der Waals surface area contributed by atoms with Gasteiger partial charge in [0.2, 0.25) is 5.91 Å². The molecule has 0 saturated carbocycles. The second-order valence-electron chi connectivity index (χ2n) is 6.80. The van der Waals surface area contributed by atoms with Gasteiger partial charge in [0, 0.05) is 5.69 Å². The Morgan fingerprint density at radius 3 is 2.07 bits per heavy atom. The summed E-state index contributed by atoms with van der Waals surface area (Å²) >= 11 is 0. The van der Waals surface area contributed by atoms with E-state index >= 15 is 0 Å². The van der Waals surface area contributed by atoms with Crippen LogP contribution in [0, 0.1) is 5.92 Å². The number of carbonyl (C=O) groups excluding carboxylic acids is 3. The van der Waals surface area contributed by atoms with Crippen molar-refractivity contribution in [3.05, 3.63) is 59.7 Å². The number of anilines is 1. The minimum Gasteiger partial charge on any atom is -0.494 e. The maximum Gasteiger partial charge on any atom is 0.262 e. The van der Waals surface area contributed by atoms with Gasteiger partial charge in [-0.25, -0.2) is 0 Å². The topological polar surface area (TPSA) is 75.7 Å². The zero-order valence-electron chi connectivity index (χ0n) is 16.3. The van der Waals surface area contributed by atoms with E-state index in [-0.39, 0.29) is 11.8 Å². The molecular formula is C22H24N2O4. The number of benzene rings is 2. The van der Waals surface area contributed by atoms with E-state index in [0.29, 0.717) is 35.6 Å². The lowest BCUT2D eigenvalue weighted by molar-refractivity contribution is -0.121. The fourth-order valence-electron chi connectivity index (χ4n) is 3.33. The lowest BCUT2D eigenvalue weighted by Crippen LogP contribution is -2.50. The summed E-state index contributed by atoms with van der Waals surface area (Å²) in [6, 6.07) is 12.8. The molecule has 6 heteroatoms. The summed E-state index contributed by atoms with van der Waals surface area (Å²) in [7, 11) is 0. The van der Waals surface area contributed by atoms with E-state index in [9.17, 15) is 14.4 Å². The molecule has 0 aromatic heterocycles. The molecule has 1 N–H and O–H groups in total. The van der Waals surface area contributed by atoms with Gasteiger partial charge in [0.1, 0.15) is 11.8 Å². The first kappa shape index (κ1) is 19.6. The number of hydrogen-bond acceptors (Lipinski definition) is 4. The minimum atomic E-state index is -0.885. The Bertz CT molecular complexity index is 857. The van der Waals surface area contributed by atoms with Crippen LogP contribution < -0.4 is 10.1 Å². The van der Waals surface area contributed by atoms with Crippen molar-refractivity contribution >= 4 is 23.4 Å². The molecule has 0 fully saturated rings. The van der Waals surface area contributed by atoms with Gasteiger partial charge in [-0.2, -0.15) is 0 Å². The van der Waals surface area contributed by atoms with Gasteiger partial charge in [0.15, 0.2) is 0 Å². The predicted molar refractivity (Wildman–Crippen MR) is 106 cm³/mol. The second kappa shape index (κ2) is 8.25. The van der Waals surface area contributed by atoms with Crippen LogP contribution in [0.2, 0.25) is 0 Å². The van der Waals surface area contributed by atoms with Crippen LogP contribution in [-0.2, 0) is 4.79 Å². The van der Waals surface area contributed by atoms with Crippen LogP contribution in [0.1, 0.15) is 47.9 Å². The molecule has 146 valence electrons. The zero-order chi connectivity index (χ0) is 20.3. The zero-order valence-corrected chi connectivity index (χ0v) is 16.3. The molecule has 2 aromatic carbocycles. The molecule has 6 nitrogen and oxygen atoms in total. The molecule has 1 heterocycles. The van der Waals surface area contributed by atoms with E-state index < -0.39 is 17.9 Å². The summed E-state index contributed by atoms with van der Waals surface area (Å²) in [6.45, 7) is 6.25. The first-order valence-electron chi connectivity index (χ1n) is 9.48. The molecule has 3 rings (SSSR count). The molecule has 0 radical (unpaired) electrons. The first-order chi connectivity index (χ1) is 13.5. The van der Waals surface area contributed by atoms with Crippen LogP contribution in [-0.4, -0.2) is 35.3 Å². The molecule has 1 aliphatic rings. The highest BCUT2D eigenvalue weighted by atomic mass is 16.5. The maximum atomic E-state index is 13.1. The van der Waals surface area contributed by atoms with Gasteiger partial charge in [-0.05, 0) is 49.2 Å². The number of amides is 3. The predicted octanol–water partition coefficient (Wildman–Crippen LogP) is 3.73. The van der Waals surface area contributed by atoms with Crippen molar-refractivity contribution in [1.82, 2.24) is 4.90 Å².